The monoisotopic (exact) mass is 402 g/mol. The van der Waals surface area contributed by atoms with Gasteiger partial charge in [-0.15, -0.1) is 10.2 Å². The summed E-state index contributed by atoms with van der Waals surface area (Å²) in [5, 5.41) is 10.2. The predicted octanol–water partition coefficient (Wildman–Crippen LogP) is 2.04. The van der Waals surface area contributed by atoms with Crippen LogP contribution in [-0.2, 0) is 16.6 Å². The minimum atomic E-state index is -3.48. The minimum Gasteiger partial charge on any atom is -0.467 e. The van der Waals surface area contributed by atoms with Gasteiger partial charge < -0.3 is 14.2 Å². The van der Waals surface area contributed by atoms with Crippen LogP contribution in [0.2, 0.25) is 0 Å². The summed E-state index contributed by atoms with van der Waals surface area (Å²) in [5.74, 6) is 0.0230. The summed E-state index contributed by atoms with van der Waals surface area (Å²) >= 11 is 0. The molecule has 4 rings (SSSR count). The number of rotatable bonds is 6. The van der Waals surface area contributed by atoms with Gasteiger partial charge in [0.1, 0.15) is 5.76 Å². The van der Waals surface area contributed by atoms with Gasteiger partial charge in [0.15, 0.2) is 0 Å². The number of nitrogens with zero attached hydrogens (tertiary/aromatic N) is 3. The second-order valence-corrected chi connectivity index (χ2v) is 8.25. The lowest BCUT2D eigenvalue weighted by Gasteiger charge is -2.15. The van der Waals surface area contributed by atoms with Crippen molar-refractivity contribution < 1.29 is 22.0 Å². The molecule has 1 aromatic carbocycles. The number of hydrogen-bond donors (Lipinski definition) is 1. The predicted molar refractivity (Wildman–Crippen MR) is 97.6 cm³/mol. The maximum absolute atomic E-state index is 12.6. The number of nitrogens with one attached hydrogen (secondary N) is 1. The van der Waals surface area contributed by atoms with Crippen LogP contribution in [0.1, 0.15) is 29.3 Å². The van der Waals surface area contributed by atoms with E-state index >= 15 is 0 Å². The highest BCUT2D eigenvalue weighted by atomic mass is 32.2. The molecule has 1 saturated heterocycles. The molecular formula is C18H18N4O5S. The van der Waals surface area contributed by atoms with Crippen LogP contribution in [0.5, 0.6) is 0 Å². The van der Waals surface area contributed by atoms with Crippen molar-refractivity contribution in [3.63, 3.8) is 0 Å². The molecule has 9 nitrogen and oxygen atoms in total. The van der Waals surface area contributed by atoms with Gasteiger partial charge in [-0.2, -0.15) is 4.31 Å². The Balaban J connectivity index is 1.45. The lowest BCUT2D eigenvalue weighted by molar-refractivity contribution is 0.0914. The number of carbonyl (C=O) groups excluding carboxylic acids is 1. The molecule has 0 radical (unpaired) electrons. The van der Waals surface area contributed by atoms with Crippen molar-refractivity contribution in [1.29, 1.82) is 0 Å². The summed E-state index contributed by atoms with van der Waals surface area (Å²) in [4.78, 5) is 12.3. The molecule has 0 atom stereocenters. The maximum atomic E-state index is 12.6. The van der Waals surface area contributed by atoms with Crippen LogP contribution in [0.15, 0.2) is 56.4 Å². The van der Waals surface area contributed by atoms with Crippen molar-refractivity contribution in [2.45, 2.75) is 24.3 Å². The van der Waals surface area contributed by atoms with Crippen molar-refractivity contribution in [3.8, 4) is 11.5 Å². The fraction of sp³-hybridized carbons (Fsp3) is 0.278. The standard InChI is InChI=1S/C18H18N4O5S/c23-16(19-12-14-4-3-11-26-14)18-21-20-17(27-18)13-5-7-15(8-6-13)28(24,25)22-9-1-2-10-22/h3-8,11H,1-2,9-10,12H2,(H,19,23). The molecule has 0 spiro atoms. The molecule has 1 N–H and O–H groups in total. The Hall–Kier alpha value is -2.98. The highest BCUT2D eigenvalue weighted by Gasteiger charge is 2.27. The molecule has 0 bridgehead atoms. The number of hydrogen-bond acceptors (Lipinski definition) is 7. The van der Waals surface area contributed by atoms with Crippen molar-refractivity contribution in [1.82, 2.24) is 19.8 Å². The molecule has 3 aromatic rings. The first-order chi connectivity index (χ1) is 13.5. The summed E-state index contributed by atoms with van der Waals surface area (Å²) in [6, 6.07) is 9.63. The third-order valence-corrected chi connectivity index (χ3v) is 6.34. The van der Waals surface area contributed by atoms with Gasteiger partial charge in [-0.05, 0) is 49.2 Å². The fourth-order valence-electron chi connectivity index (χ4n) is 2.93. The molecule has 1 amide bonds. The number of aromatic nitrogens is 2. The van der Waals surface area contributed by atoms with Crippen LogP contribution in [0, 0.1) is 0 Å². The van der Waals surface area contributed by atoms with E-state index in [2.05, 4.69) is 15.5 Å². The summed E-state index contributed by atoms with van der Waals surface area (Å²) in [7, 11) is -3.48. The summed E-state index contributed by atoms with van der Waals surface area (Å²) in [5.41, 5.74) is 0.526. The summed E-state index contributed by atoms with van der Waals surface area (Å²) in [6.45, 7) is 1.29. The van der Waals surface area contributed by atoms with Crippen LogP contribution < -0.4 is 5.32 Å². The van der Waals surface area contributed by atoms with Gasteiger partial charge in [0.2, 0.25) is 15.9 Å². The van der Waals surface area contributed by atoms with Crippen molar-refractivity contribution in [3.05, 3.63) is 54.3 Å². The molecule has 0 unspecified atom stereocenters. The van der Waals surface area contributed by atoms with Gasteiger partial charge >= 0.3 is 11.8 Å². The first-order valence-electron chi connectivity index (χ1n) is 8.79. The van der Waals surface area contributed by atoms with E-state index in [1.54, 1.807) is 24.3 Å². The zero-order chi connectivity index (χ0) is 19.6. The van der Waals surface area contributed by atoms with Crippen LogP contribution >= 0.6 is 0 Å². The first kappa shape index (κ1) is 18.4. The van der Waals surface area contributed by atoms with E-state index in [1.807, 2.05) is 0 Å². The van der Waals surface area contributed by atoms with E-state index in [9.17, 15) is 13.2 Å². The van der Waals surface area contributed by atoms with Crippen LogP contribution in [0.25, 0.3) is 11.5 Å². The van der Waals surface area contributed by atoms with E-state index in [4.69, 9.17) is 8.83 Å². The highest BCUT2D eigenvalue weighted by molar-refractivity contribution is 7.89. The van der Waals surface area contributed by atoms with E-state index in [-0.39, 0.29) is 23.2 Å². The zero-order valence-corrected chi connectivity index (χ0v) is 15.7. The molecule has 3 heterocycles. The Labute approximate surface area is 161 Å². The molecule has 0 aliphatic carbocycles. The SMILES string of the molecule is O=C(NCc1ccco1)c1nnc(-c2ccc(S(=O)(=O)N3CCCC3)cc2)o1. The lowest BCUT2D eigenvalue weighted by Crippen LogP contribution is -2.27. The molecule has 1 aliphatic rings. The molecular weight excluding hydrogens is 384 g/mol. The zero-order valence-electron chi connectivity index (χ0n) is 14.9. The topological polar surface area (TPSA) is 119 Å². The first-order valence-corrected chi connectivity index (χ1v) is 10.2. The second kappa shape index (κ2) is 7.56. The van der Waals surface area contributed by atoms with Crippen molar-refractivity contribution in [2.75, 3.05) is 13.1 Å². The third-order valence-electron chi connectivity index (χ3n) is 4.43. The lowest BCUT2D eigenvalue weighted by atomic mass is 10.2. The molecule has 0 saturated carbocycles. The molecule has 1 fully saturated rings. The van der Waals surface area contributed by atoms with Crippen LogP contribution in [0.3, 0.4) is 0 Å². The summed E-state index contributed by atoms with van der Waals surface area (Å²) < 4.78 is 37.1. The van der Waals surface area contributed by atoms with Gasteiger partial charge in [0.25, 0.3) is 0 Å². The van der Waals surface area contributed by atoms with Crippen molar-refractivity contribution in [2.24, 2.45) is 0 Å². The maximum Gasteiger partial charge on any atom is 0.309 e. The molecule has 1 aliphatic heterocycles. The second-order valence-electron chi connectivity index (χ2n) is 6.31. The van der Waals surface area contributed by atoms with Gasteiger partial charge in [-0.1, -0.05) is 0 Å². The Bertz CT molecular complexity index is 1050. The third kappa shape index (κ3) is 3.69. The van der Waals surface area contributed by atoms with Gasteiger partial charge in [0, 0.05) is 18.7 Å². The largest absolute Gasteiger partial charge is 0.467 e. The molecule has 28 heavy (non-hydrogen) atoms. The molecule has 2 aromatic heterocycles. The number of sulfonamides is 1. The summed E-state index contributed by atoms with van der Waals surface area (Å²) in [6.07, 6.45) is 3.27. The number of amides is 1. The molecule has 146 valence electrons. The Kier molecular flexibility index (Phi) is 4.97. The highest BCUT2D eigenvalue weighted by Crippen LogP contribution is 2.24. The Morgan fingerprint density at radius 1 is 1.11 bits per heavy atom. The van der Waals surface area contributed by atoms with E-state index in [1.165, 1.54) is 22.7 Å². The number of furan rings is 1. The smallest absolute Gasteiger partial charge is 0.309 e. The fourth-order valence-corrected chi connectivity index (χ4v) is 4.45. The van der Waals surface area contributed by atoms with E-state index in [0.717, 1.165) is 12.8 Å². The average molecular weight is 402 g/mol. The van der Waals surface area contributed by atoms with Crippen LogP contribution in [-0.4, -0.2) is 41.9 Å². The quantitative estimate of drug-likeness (QED) is 0.670. The Morgan fingerprint density at radius 3 is 2.54 bits per heavy atom. The number of benzene rings is 1. The van der Waals surface area contributed by atoms with Crippen LogP contribution in [0.4, 0.5) is 0 Å². The number of carbonyl (C=O) groups is 1. The normalized spacial score (nSPS) is 15.0. The van der Waals surface area contributed by atoms with Gasteiger partial charge in [-0.3, -0.25) is 4.79 Å². The van der Waals surface area contributed by atoms with Crippen molar-refractivity contribution >= 4 is 15.9 Å². The molecule has 10 heteroatoms. The minimum absolute atomic E-state index is 0.133. The average Bonchev–Trinajstić information content (AvgIpc) is 3.48. The van der Waals surface area contributed by atoms with Gasteiger partial charge in [-0.25, -0.2) is 8.42 Å². The Morgan fingerprint density at radius 2 is 1.86 bits per heavy atom. The van der Waals surface area contributed by atoms with Gasteiger partial charge in [0.05, 0.1) is 17.7 Å². The van der Waals surface area contributed by atoms with E-state index < -0.39 is 15.9 Å². The van der Waals surface area contributed by atoms with E-state index in [0.29, 0.717) is 24.4 Å².